The number of piperazine rings is 1. The normalized spacial score (nSPS) is 13.0. The van der Waals surface area contributed by atoms with Crippen molar-refractivity contribution in [1.82, 2.24) is 9.80 Å². The Morgan fingerprint density at radius 2 is 1.37 bits per heavy atom. The third-order valence-corrected chi connectivity index (χ3v) is 7.01. The maximum absolute atomic E-state index is 13.5. The molecule has 4 aromatic rings. The van der Waals surface area contributed by atoms with Gasteiger partial charge < -0.3 is 20.0 Å². The third kappa shape index (κ3) is 7.16. The Bertz CT molecular complexity index is 1490. The number of anilines is 2. The van der Waals surface area contributed by atoms with Crippen LogP contribution in [-0.2, 0) is 11.3 Å². The van der Waals surface area contributed by atoms with Gasteiger partial charge in [0.25, 0.3) is 11.8 Å². The number of nitrogens with one attached hydrogen (secondary N) is 1. The van der Waals surface area contributed by atoms with Crippen LogP contribution in [-0.4, -0.2) is 60.2 Å². The van der Waals surface area contributed by atoms with Gasteiger partial charge in [-0.2, -0.15) is 0 Å². The number of hydrogen-bond acceptors (Lipinski definition) is 4. The molecule has 1 aliphatic rings. The molecule has 8 heteroatoms. The predicted octanol–water partition coefficient (Wildman–Crippen LogP) is 5.07. The van der Waals surface area contributed by atoms with Crippen LogP contribution in [0.4, 0.5) is 15.8 Å². The molecule has 4 aromatic carbocycles. The minimum Gasteiger partial charge on any atom is -0.368 e. The summed E-state index contributed by atoms with van der Waals surface area (Å²) in [5.41, 5.74) is 3.42. The van der Waals surface area contributed by atoms with Gasteiger partial charge in [0.1, 0.15) is 12.4 Å². The van der Waals surface area contributed by atoms with Crippen LogP contribution in [0.5, 0.6) is 0 Å². The zero-order valence-corrected chi connectivity index (χ0v) is 22.6. The Hall–Kier alpha value is -4.98. The molecule has 1 N–H and O–H groups in total. The highest BCUT2D eigenvalue weighted by atomic mass is 19.1. The molecule has 3 amide bonds. The van der Waals surface area contributed by atoms with Crippen LogP contribution < -0.4 is 10.2 Å². The molecule has 0 unspecified atom stereocenters. The largest absolute Gasteiger partial charge is 0.368 e. The van der Waals surface area contributed by atoms with Gasteiger partial charge in [-0.05, 0) is 60.2 Å². The fraction of sp³-hybridized carbons (Fsp3) is 0.182. The van der Waals surface area contributed by atoms with Crippen LogP contribution in [0.3, 0.4) is 0 Å². The van der Waals surface area contributed by atoms with E-state index < -0.39 is 5.82 Å². The van der Waals surface area contributed by atoms with Gasteiger partial charge in [0.15, 0.2) is 0 Å². The second kappa shape index (κ2) is 12.9. The minimum atomic E-state index is -0.423. The summed E-state index contributed by atoms with van der Waals surface area (Å²) in [7, 11) is 0. The first kappa shape index (κ1) is 27.6. The van der Waals surface area contributed by atoms with Gasteiger partial charge in [0.05, 0.1) is 0 Å². The number of nitrogens with zero attached hydrogens (tertiary/aromatic N) is 3. The summed E-state index contributed by atoms with van der Waals surface area (Å²) >= 11 is 0. The van der Waals surface area contributed by atoms with Crippen LogP contribution in [0.1, 0.15) is 26.3 Å². The van der Waals surface area contributed by atoms with Gasteiger partial charge in [0, 0.05) is 55.2 Å². The Balaban J connectivity index is 1.17. The summed E-state index contributed by atoms with van der Waals surface area (Å²) in [5, 5.41) is 2.90. The number of benzene rings is 4. The lowest BCUT2D eigenvalue weighted by Gasteiger charge is -2.36. The molecule has 41 heavy (non-hydrogen) atoms. The molecule has 1 saturated heterocycles. The maximum atomic E-state index is 13.5. The summed E-state index contributed by atoms with van der Waals surface area (Å²) in [4.78, 5) is 44.4. The third-order valence-electron chi connectivity index (χ3n) is 7.01. The Labute approximate surface area is 238 Å². The molecule has 5 rings (SSSR count). The number of rotatable bonds is 8. The lowest BCUT2D eigenvalue weighted by Crippen LogP contribution is -2.48. The molecule has 0 aliphatic carbocycles. The summed E-state index contributed by atoms with van der Waals surface area (Å²) in [6.45, 7) is 2.56. The summed E-state index contributed by atoms with van der Waals surface area (Å²) in [6, 6.07) is 31.8. The van der Waals surface area contributed by atoms with Crippen LogP contribution in [0.25, 0.3) is 0 Å². The van der Waals surface area contributed by atoms with E-state index in [9.17, 15) is 18.8 Å². The molecule has 0 spiro atoms. The second-order valence-corrected chi connectivity index (χ2v) is 9.90. The van der Waals surface area contributed by atoms with Crippen molar-refractivity contribution in [2.45, 2.75) is 6.54 Å². The van der Waals surface area contributed by atoms with E-state index in [1.807, 2.05) is 60.7 Å². The van der Waals surface area contributed by atoms with Crippen molar-refractivity contribution in [3.63, 3.8) is 0 Å². The fourth-order valence-corrected chi connectivity index (χ4v) is 4.87. The van der Waals surface area contributed by atoms with Gasteiger partial charge in [0.2, 0.25) is 5.91 Å². The fourth-order valence-electron chi connectivity index (χ4n) is 4.87. The van der Waals surface area contributed by atoms with Gasteiger partial charge >= 0.3 is 0 Å². The monoisotopic (exact) mass is 550 g/mol. The number of hydrogen-bond donors (Lipinski definition) is 1. The number of carbonyl (C=O) groups is 3. The van der Waals surface area contributed by atoms with E-state index in [4.69, 9.17) is 0 Å². The van der Waals surface area contributed by atoms with E-state index >= 15 is 0 Å². The van der Waals surface area contributed by atoms with E-state index in [0.29, 0.717) is 49.5 Å². The Morgan fingerprint density at radius 3 is 2.02 bits per heavy atom. The molecule has 7 nitrogen and oxygen atoms in total. The molecule has 0 radical (unpaired) electrons. The average molecular weight is 551 g/mol. The van der Waals surface area contributed by atoms with Crippen molar-refractivity contribution in [3.8, 4) is 0 Å². The second-order valence-electron chi connectivity index (χ2n) is 9.90. The zero-order chi connectivity index (χ0) is 28.6. The molecule has 0 saturated carbocycles. The van der Waals surface area contributed by atoms with Crippen molar-refractivity contribution in [2.75, 3.05) is 42.9 Å². The smallest absolute Gasteiger partial charge is 0.254 e. The van der Waals surface area contributed by atoms with E-state index in [1.54, 1.807) is 46.2 Å². The molecule has 1 heterocycles. The molecule has 208 valence electrons. The quantitative estimate of drug-likeness (QED) is 0.333. The number of halogens is 1. The highest BCUT2D eigenvalue weighted by Gasteiger charge is 2.23. The van der Waals surface area contributed by atoms with Crippen LogP contribution in [0, 0.1) is 5.82 Å². The number of carbonyl (C=O) groups excluding carboxylic acids is 3. The first-order valence-electron chi connectivity index (χ1n) is 13.5. The Kier molecular flexibility index (Phi) is 8.69. The highest BCUT2D eigenvalue weighted by molar-refractivity contribution is 5.99. The number of amides is 3. The summed E-state index contributed by atoms with van der Waals surface area (Å²) in [5.74, 6) is -1.10. The zero-order valence-electron chi connectivity index (χ0n) is 22.6. The van der Waals surface area contributed by atoms with Gasteiger partial charge in [-0.3, -0.25) is 14.4 Å². The lowest BCUT2D eigenvalue weighted by molar-refractivity contribution is -0.117. The molecule has 1 aliphatic heterocycles. The SMILES string of the molecule is O=C(CN(Cc1ccccc1)C(=O)c1ccccc1)Nc1ccc(N2CCN(C(=O)c3cccc(F)c3)CC2)cc1. The van der Waals surface area contributed by atoms with Crippen molar-refractivity contribution >= 4 is 29.1 Å². The predicted molar refractivity (Wildman–Crippen MR) is 157 cm³/mol. The van der Waals surface area contributed by atoms with Crippen LogP contribution >= 0.6 is 0 Å². The van der Waals surface area contributed by atoms with Crippen LogP contribution in [0.15, 0.2) is 109 Å². The molecular weight excluding hydrogens is 519 g/mol. The summed E-state index contributed by atoms with van der Waals surface area (Å²) in [6.07, 6.45) is 0. The van der Waals surface area contributed by atoms with Crippen molar-refractivity contribution in [1.29, 1.82) is 0 Å². The minimum absolute atomic E-state index is 0.0916. The molecule has 1 fully saturated rings. The van der Waals surface area contributed by atoms with Gasteiger partial charge in [-0.15, -0.1) is 0 Å². The van der Waals surface area contributed by atoms with Crippen molar-refractivity contribution < 1.29 is 18.8 Å². The lowest BCUT2D eigenvalue weighted by atomic mass is 10.1. The standard InChI is InChI=1S/C33H31FN4O3/c34-28-13-7-12-27(22-28)33(41)37-20-18-36(19-21-37)30-16-14-29(15-17-30)35-31(39)24-38(23-25-8-3-1-4-9-25)32(40)26-10-5-2-6-11-26/h1-17,22H,18-21,23-24H2,(H,35,39). The van der Waals surface area contributed by atoms with E-state index in [1.165, 1.54) is 12.1 Å². The maximum Gasteiger partial charge on any atom is 0.254 e. The molecular formula is C33H31FN4O3. The first-order chi connectivity index (χ1) is 20.0. The molecule has 0 atom stereocenters. The molecule has 0 aromatic heterocycles. The van der Waals surface area contributed by atoms with Crippen molar-refractivity contribution in [2.24, 2.45) is 0 Å². The highest BCUT2D eigenvalue weighted by Crippen LogP contribution is 2.21. The summed E-state index contributed by atoms with van der Waals surface area (Å²) < 4.78 is 13.5. The van der Waals surface area contributed by atoms with Gasteiger partial charge in [-0.1, -0.05) is 54.6 Å². The van der Waals surface area contributed by atoms with E-state index in [-0.39, 0.29) is 24.3 Å². The Morgan fingerprint density at radius 1 is 0.732 bits per heavy atom. The van der Waals surface area contributed by atoms with Crippen molar-refractivity contribution in [3.05, 3.63) is 132 Å². The van der Waals surface area contributed by atoms with E-state index in [2.05, 4.69) is 10.2 Å². The van der Waals surface area contributed by atoms with Crippen LogP contribution in [0.2, 0.25) is 0 Å². The van der Waals surface area contributed by atoms with Gasteiger partial charge in [-0.25, -0.2) is 4.39 Å². The van der Waals surface area contributed by atoms with E-state index in [0.717, 1.165) is 11.3 Å². The molecule has 0 bridgehead atoms. The topological polar surface area (TPSA) is 73.0 Å². The first-order valence-corrected chi connectivity index (χ1v) is 13.5. The average Bonchev–Trinajstić information content (AvgIpc) is 3.01.